The van der Waals surface area contributed by atoms with E-state index in [1.54, 1.807) is 0 Å². The molecule has 0 saturated carbocycles. The Balaban J connectivity index is 1.47. The summed E-state index contributed by atoms with van der Waals surface area (Å²) in [4.78, 5) is 4.95. The second kappa shape index (κ2) is 8.91. The van der Waals surface area contributed by atoms with E-state index < -0.39 is 0 Å². The summed E-state index contributed by atoms with van der Waals surface area (Å²) in [5, 5.41) is 0. The van der Waals surface area contributed by atoms with Crippen LogP contribution in [-0.4, -0.2) is 9.55 Å². The van der Waals surface area contributed by atoms with Crippen molar-refractivity contribution in [1.29, 1.82) is 0 Å². The van der Waals surface area contributed by atoms with Crippen LogP contribution >= 0.6 is 0 Å². The number of aryl methyl sites for hydroxylation is 5. The highest BCUT2D eigenvalue weighted by molar-refractivity contribution is 5.80. The van der Waals surface area contributed by atoms with Gasteiger partial charge in [-0.05, 0) is 44.0 Å². The molecule has 5 aromatic rings. The first-order valence-corrected chi connectivity index (χ1v) is 11.3. The van der Waals surface area contributed by atoms with E-state index in [0.29, 0.717) is 6.42 Å². The molecule has 0 aliphatic heterocycles. The SMILES string of the molecule is Cc1cc(C)c(-c2oc(CC[n+]3ccn(-c4ccccc4)c3)nc2-c2ccccc2)c(C)c1. The third kappa shape index (κ3) is 4.37. The van der Waals surface area contributed by atoms with Crippen LogP contribution in [0.4, 0.5) is 0 Å². The van der Waals surface area contributed by atoms with E-state index in [1.807, 2.05) is 36.4 Å². The number of oxazole rings is 1. The average Bonchev–Trinajstić information content (AvgIpc) is 3.46. The number of imidazole rings is 1. The maximum Gasteiger partial charge on any atom is 0.248 e. The van der Waals surface area contributed by atoms with Gasteiger partial charge in [0.2, 0.25) is 6.33 Å². The van der Waals surface area contributed by atoms with Gasteiger partial charge in [0.05, 0.1) is 13.0 Å². The smallest absolute Gasteiger partial charge is 0.248 e. The molecule has 0 radical (unpaired) electrons. The fourth-order valence-corrected chi connectivity index (χ4v) is 4.47. The Morgan fingerprint density at radius 3 is 2.24 bits per heavy atom. The van der Waals surface area contributed by atoms with E-state index in [4.69, 9.17) is 9.40 Å². The summed E-state index contributed by atoms with van der Waals surface area (Å²) in [5.74, 6) is 1.61. The molecule has 4 heteroatoms. The van der Waals surface area contributed by atoms with E-state index in [0.717, 1.165) is 40.7 Å². The topological polar surface area (TPSA) is 34.8 Å². The second-order valence-electron chi connectivity index (χ2n) is 8.57. The first-order chi connectivity index (χ1) is 16.1. The minimum absolute atomic E-state index is 0.716. The van der Waals surface area contributed by atoms with Crippen LogP contribution in [0, 0.1) is 20.8 Å². The molecule has 33 heavy (non-hydrogen) atoms. The van der Waals surface area contributed by atoms with Gasteiger partial charge in [-0.2, -0.15) is 0 Å². The molecule has 0 unspecified atom stereocenters. The normalized spacial score (nSPS) is 11.1. The lowest BCUT2D eigenvalue weighted by Gasteiger charge is -2.10. The molecule has 0 aliphatic carbocycles. The number of benzene rings is 3. The van der Waals surface area contributed by atoms with Gasteiger partial charge in [-0.25, -0.2) is 14.1 Å². The van der Waals surface area contributed by atoms with Gasteiger partial charge in [0.15, 0.2) is 11.7 Å². The molecule has 5 rings (SSSR count). The van der Waals surface area contributed by atoms with Crippen molar-refractivity contribution >= 4 is 0 Å². The summed E-state index contributed by atoms with van der Waals surface area (Å²) >= 11 is 0. The average molecular weight is 435 g/mol. The quantitative estimate of drug-likeness (QED) is 0.296. The molecule has 0 saturated heterocycles. The number of para-hydroxylation sites is 1. The van der Waals surface area contributed by atoms with Crippen molar-refractivity contribution in [3.8, 4) is 28.3 Å². The molecular formula is C29H28N3O+. The molecule has 0 aliphatic rings. The van der Waals surface area contributed by atoms with E-state index in [2.05, 4.69) is 85.0 Å². The Bertz CT molecular complexity index is 1360. The highest BCUT2D eigenvalue weighted by Crippen LogP contribution is 2.37. The van der Waals surface area contributed by atoms with Gasteiger partial charge < -0.3 is 4.42 Å². The fourth-order valence-electron chi connectivity index (χ4n) is 4.47. The van der Waals surface area contributed by atoms with Crippen molar-refractivity contribution in [1.82, 2.24) is 9.55 Å². The van der Waals surface area contributed by atoms with Crippen molar-refractivity contribution in [2.24, 2.45) is 0 Å². The summed E-state index contributed by atoms with van der Waals surface area (Å²) in [7, 11) is 0. The molecule has 0 amide bonds. The summed E-state index contributed by atoms with van der Waals surface area (Å²) in [6.07, 6.45) is 6.98. The fraction of sp³-hybridized carbons (Fsp3) is 0.172. The number of nitrogens with zero attached hydrogens (tertiary/aromatic N) is 3. The minimum atomic E-state index is 0.716. The number of hydrogen-bond donors (Lipinski definition) is 0. The monoisotopic (exact) mass is 434 g/mol. The van der Waals surface area contributed by atoms with E-state index in [9.17, 15) is 0 Å². The van der Waals surface area contributed by atoms with Crippen molar-refractivity contribution in [2.75, 3.05) is 0 Å². The number of rotatable bonds is 6. The van der Waals surface area contributed by atoms with Crippen LogP contribution in [0.5, 0.6) is 0 Å². The van der Waals surface area contributed by atoms with Gasteiger partial charge in [0.25, 0.3) is 0 Å². The molecule has 0 N–H and O–H groups in total. The number of hydrogen-bond acceptors (Lipinski definition) is 2. The summed E-state index contributed by atoms with van der Waals surface area (Å²) in [6, 6.07) is 25.1. The Morgan fingerprint density at radius 1 is 0.879 bits per heavy atom. The maximum absolute atomic E-state index is 6.44. The molecular weight excluding hydrogens is 406 g/mol. The largest absolute Gasteiger partial charge is 0.440 e. The highest BCUT2D eigenvalue weighted by Gasteiger charge is 2.20. The molecule has 4 nitrogen and oxygen atoms in total. The molecule has 3 aromatic carbocycles. The molecule has 164 valence electrons. The Kier molecular flexibility index (Phi) is 5.66. The lowest BCUT2D eigenvalue weighted by Crippen LogP contribution is -2.32. The molecule has 0 bridgehead atoms. The lowest BCUT2D eigenvalue weighted by molar-refractivity contribution is -0.695. The highest BCUT2D eigenvalue weighted by atomic mass is 16.4. The second-order valence-corrected chi connectivity index (χ2v) is 8.57. The summed E-state index contributed by atoms with van der Waals surface area (Å²) in [6.45, 7) is 7.22. The predicted octanol–water partition coefficient (Wildman–Crippen LogP) is 6.25. The van der Waals surface area contributed by atoms with Crippen LogP contribution in [0.15, 0.2) is 95.9 Å². The zero-order valence-electron chi connectivity index (χ0n) is 19.3. The molecule has 2 aromatic heterocycles. The summed E-state index contributed by atoms with van der Waals surface area (Å²) < 4.78 is 10.7. The van der Waals surface area contributed by atoms with Crippen LogP contribution in [0.2, 0.25) is 0 Å². The lowest BCUT2D eigenvalue weighted by atomic mass is 9.95. The zero-order chi connectivity index (χ0) is 22.8. The predicted molar refractivity (Wildman–Crippen MR) is 131 cm³/mol. The zero-order valence-corrected chi connectivity index (χ0v) is 19.3. The van der Waals surface area contributed by atoms with Gasteiger partial charge in [-0.1, -0.05) is 66.2 Å². The Hall–Kier alpha value is -3.92. The number of aromatic nitrogens is 3. The summed E-state index contributed by atoms with van der Waals surface area (Å²) in [5.41, 5.74) is 7.95. The van der Waals surface area contributed by atoms with Gasteiger partial charge in [0, 0.05) is 11.1 Å². The van der Waals surface area contributed by atoms with Crippen LogP contribution < -0.4 is 4.57 Å². The van der Waals surface area contributed by atoms with Crippen molar-refractivity contribution in [3.63, 3.8) is 0 Å². The standard InChI is InChI=1S/C29H28N3O/c1-21-18-22(2)27(23(3)19-21)29-28(24-10-6-4-7-11-24)30-26(33-29)14-15-31-16-17-32(20-31)25-12-8-5-9-13-25/h4-13,16-20H,14-15H2,1-3H3/q+1. The first kappa shape index (κ1) is 21.0. The Morgan fingerprint density at radius 2 is 1.55 bits per heavy atom. The van der Waals surface area contributed by atoms with Gasteiger partial charge in [0.1, 0.15) is 23.8 Å². The molecule has 0 spiro atoms. The van der Waals surface area contributed by atoms with Crippen LogP contribution in [0.1, 0.15) is 22.6 Å². The van der Waals surface area contributed by atoms with Crippen molar-refractivity contribution in [2.45, 2.75) is 33.7 Å². The van der Waals surface area contributed by atoms with Gasteiger partial charge in [-0.15, -0.1) is 0 Å². The van der Waals surface area contributed by atoms with Crippen LogP contribution in [0.3, 0.4) is 0 Å². The van der Waals surface area contributed by atoms with Crippen molar-refractivity contribution < 1.29 is 8.98 Å². The Labute approximate surface area is 194 Å². The van der Waals surface area contributed by atoms with E-state index in [-0.39, 0.29) is 0 Å². The van der Waals surface area contributed by atoms with Crippen LogP contribution in [-0.2, 0) is 13.0 Å². The molecule has 0 atom stereocenters. The molecule has 2 heterocycles. The van der Waals surface area contributed by atoms with Gasteiger partial charge >= 0.3 is 0 Å². The van der Waals surface area contributed by atoms with Gasteiger partial charge in [-0.3, -0.25) is 0 Å². The van der Waals surface area contributed by atoms with E-state index in [1.165, 1.54) is 16.7 Å². The third-order valence-electron chi connectivity index (χ3n) is 5.95. The molecule has 0 fully saturated rings. The van der Waals surface area contributed by atoms with E-state index >= 15 is 0 Å². The first-order valence-electron chi connectivity index (χ1n) is 11.3. The van der Waals surface area contributed by atoms with Crippen LogP contribution in [0.25, 0.3) is 28.3 Å². The third-order valence-corrected chi connectivity index (χ3v) is 5.95. The minimum Gasteiger partial charge on any atom is -0.440 e. The maximum atomic E-state index is 6.44. The van der Waals surface area contributed by atoms with Crippen molar-refractivity contribution in [3.05, 3.63) is 114 Å².